The van der Waals surface area contributed by atoms with E-state index in [1.54, 1.807) is 19.9 Å². The third-order valence-corrected chi connectivity index (χ3v) is 5.55. The first-order chi connectivity index (χ1) is 14.1. The number of aliphatic imine (C=N–C) groups is 1. The number of aliphatic hydroxyl groups is 1. The summed E-state index contributed by atoms with van der Waals surface area (Å²) < 4.78 is 34.0. The molecule has 9 heteroatoms. The number of alkyl halides is 1. The molecule has 0 spiro atoms. The average Bonchev–Trinajstić information content (AvgIpc) is 2.69. The minimum absolute atomic E-state index is 0.0334. The molecule has 3 rings (SSSR count). The minimum atomic E-state index is -1.56. The van der Waals surface area contributed by atoms with Crippen LogP contribution in [0, 0.1) is 11.2 Å². The van der Waals surface area contributed by atoms with E-state index in [0.29, 0.717) is 24.4 Å². The van der Waals surface area contributed by atoms with Gasteiger partial charge in [0.05, 0.1) is 30.5 Å². The number of halogens is 2. The quantitative estimate of drug-likeness (QED) is 0.417. The summed E-state index contributed by atoms with van der Waals surface area (Å²) in [6, 6.07) is 2.58. The third kappa shape index (κ3) is 4.46. The van der Waals surface area contributed by atoms with Crippen LogP contribution in [0.5, 0.6) is 5.75 Å². The Labute approximate surface area is 175 Å². The predicted octanol–water partition coefficient (Wildman–Crippen LogP) is 2.59. The third-order valence-electron chi connectivity index (χ3n) is 5.55. The van der Waals surface area contributed by atoms with Crippen LogP contribution in [-0.4, -0.2) is 59.2 Å². The highest BCUT2D eigenvalue weighted by Crippen LogP contribution is 2.33. The highest BCUT2D eigenvalue weighted by atomic mass is 19.1. The summed E-state index contributed by atoms with van der Waals surface area (Å²) in [5.41, 5.74) is 4.64. The molecule has 0 saturated carbocycles. The molecular weight excluding hydrogens is 392 g/mol. The Hall–Kier alpha value is -2.52. The first-order valence-corrected chi connectivity index (χ1v) is 10.00. The second kappa shape index (κ2) is 8.31. The van der Waals surface area contributed by atoms with E-state index in [9.17, 15) is 13.9 Å². The number of nitrogens with one attached hydrogen (secondary N) is 2. The van der Waals surface area contributed by atoms with Crippen LogP contribution >= 0.6 is 0 Å². The molecule has 0 aliphatic carbocycles. The fourth-order valence-electron chi connectivity index (χ4n) is 3.70. The number of aliphatic hydroxyl groups excluding tert-OH is 1. The number of rotatable bonds is 6. The van der Waals surface area contributed by atoms with Gasteiger partial charge in [0, 0.05) is 30.4 Å². The maximum absolute atomic E-state index is 14.4. The Morgan fingerprint density at radius 2 is 2.07 bits per heavy atom. The highest BCUT2D eigenvalue weighted by Gasteiger charge is 2.40. The van der Waals surface area contributed by atoms with Gasteiger partial charge in [0.15, 0.2) is 11.6 Å². The molecular formula is C21H29F2N5O2. The van der Waals surface area contributed by atoms with Gasteiger partial charge in [-0.1, -0.05) is 0 Å². The van der Waals surface area contributed by atoms with Gasteiger partial charge in [0.25, 0.3) is 0 Å². The van der Waals surface area contributed by atoms with Crippen molar-refractivity contribution in [3.05, 3.63) is 35.3 Å². The second-order valence-corrected chi connectivity index (χ2v) is 8.26. The van der Waals surface area contributed by atoms with Crippen molar-refractivity contribution < 1.29 is 18.6 Å². The van der Waals surface area contributed by atoms with Crippen molar-refractivity contribution in [3.8, 4) is 5.75 Å². The molecule has 0 aromatic heterocycles. The van der Waals surface area contributed by atoms with Crippen LogP contribution in [0.2, 0.25) is 0 Å². The van der Waals surface area contributed by atoms with Crippen LogP contribution in [0.25, 0.3) is 0 Å². The van der Waals surface area contributed by atoms with Crippen molar-refractivity contribution in [2.24, 2.45) is 4.99 Å². The van der Waals surface area contributed by atoms with Crippen molar-refractivity contribution in [2.75, 3.05) is 25.4 Å². The van der Waals surface area contributed by atoms with Gasteiger partial charge in [-0.2, -0.15) is 0 Å². The van der Waals surface area contributed by atoms with E-state index in [2.05, 4.69) is 10.3 Å². The normalized spacial score (nSPS) is 23.8. The van der Waals surface area contributed by atoms with E-state index in [1.807, 2.05) is 11.8 Å². The number of nitrogens with two attached hydrogens (primary N) is 1. The highest BCUT2D eigenvalue weighted by molar-refractivity contribution is 6.14. The van der Waals surface area contributed by atoms with Gasteiger partial charge < -0.3 is 20.9 Å². The number of nitrogens with zero attached hydrogens (tertiary/aromatic N) is 2. The Kier molecular flexibility index (Phi) is 6.14. The number of hydrogen-bond acceptors (Lipinski definition) is 7. The first kappa shape index (κ1) is 22.2. The van der Waals surface area contributed by atoms with Gasteiger partial charge in [0.2, 0.25) is 0 Å². The van der Waals surface area contributed by atoms with Crippen LogP contribution in [0.1, 0.15) is 39.2 Å². The van der Waals surface area contributed by atoms with Gasteiger partial charge in [-0.15, -0.1) is 0 Å². The lowest BCUT2D eigenvalue weighted by Gasteiger charge is -2.43. The average molecular weight is 421 g/mol. The van der Waals surface area contributed by atoms with E-state index in [1.165, 1.54) is 12.4 Å². The van der Waals surface area contributed by atoms with Crippen molar-refractivity contribution in [2.45, 2.75) is 51.0 Å². The molecule has 1 atom stereocenters. The molecule has 164 valence electrons. The van der Waals surface area contributed by atoms with E-state index in [0.717, 1.165) is 6.07 Å². The first-order valence-electron chi connectivity index (χ1n) is 10.00. The summed E-state index contributed by atoms with van der Waals surface area (Å²) >= 11 is 0. The zero-order valence-electron chi connectivity index (χ0n) is 17.5. The van der Waals surface area contributed by atoms with E-state index in [4.69, 9.17) is 15.9 Å². The Balaban J connectivity index is 1.86. The molecule has 0 amide bonds. The second-order valence-electron chi connectivity index (χ2n) is 8.26. The molecule has 1 aromatic rings. The van der Waals surface area contributed by atoms with Gasteiger partial charge in [-0.3, -0.25) is 10.3 Å². The van der Waals surface area contributed by atoms with Crippen LogP contribution in [0.4, 0.5) is 14.5 Å². The fourth-order valence-corrected chi connectivity index (χ4v) is 3.70. The molecule has 1 unspecified atom stereocenters. The summed E-state index contributed by atoms with van der Waals surface area (Å²) in [7, 11) is 0. The Morgan fingerprint density at radius 3 is 2.67 bits per heavy atom. The van der Waals surface area contributed by atoms with Crippen LogP contribution < -0.4 is 15.8 Å². The van der Waals surface area contributed by atoms with Gasteiger partial charge in [-0.05, 0) is 45.8 Å². The number of allylic oxidation sites excluding steroid dienone is 1. The standard InChI is InChI=1S/C21H29F2N5O2/c1-13(2)30-18-8-14(16(24)9-15(18)22)19(25)17-10-20(3,27-12-26-17)28-6-4-21(23,11-29)5-7-28/h8-10,12-13,25,29H,4-7,11,24H2,1-3H3,(H,26,27). The number of nitrogen functional groups attached to an aromatic ring is 1. The SMILES string of the molecule is CC(C)Oc1cc(C(=N)C2=CC(C)(N3CCC(F)(CO)CC3)N=CN2)c(N)cc1F. The Morgan fingerprint density at radius 1 is 1.40 bits per heavy atom. The maximum atomic E-state index is 14.4. The zero-order valence-corrected chi connectivity index (χ0v) is 17.5. The summed E-state index contributed by atoms with van der Waals surface area (Å²) in [5, 5.41) is 20.8. The van der Waals surface area contributed by atoms with Gasteiger partial charge >= 0.3 is 0 Å². The maximum Gasteiger partial charge on any atom is 0.167 e. The number of anilines is 1. The monoisotopic (exact) mass is 421 g/mol. The predicted molar refractivity (Wildman–Crippen MR) is 113 cm³/mol. The van der Waals surface area contributed by atoms with E-state index in [-0.39, 0.29) is 36.1 Å². The van der Waals surface area contributed by atoms with Crippen molar-refractivity contribution in [1.29, 1.82) is 5.41 Å². The largest absolute Gasteiger partial charge is 0.488 e. The summed E-state index contributed by atoms with van der Waals surface area (Å²) in [4.78, 5) is 6.50. The smallest absolute Gasteiger partial charge is 0.167 e. The lowest BCUT2D eigenvalue weighted by atomic mass is 9.91. The number of hydrogen-bond donors (Lipinski definition) is 4. The minimum Gasteiger partial charge on any atom is -0.488 e. The molecule has 7 nitrogen and oxygen atoms in total. The molecule has 2 aliphatic heterocycles. The number of piperidine rings is 1. The number of ether oxygens (including phenoxy) is 1. The molecule has 1 fully saturated rings. The van der Waals surface area contributed by atoms with Crippen LogP contribution in [-0.2, 0) is 0 Å². The fraction of sp³-hybridized carbons (Fsp3) is 0.524. The zero-order chi connectivity index (χ0) is 22.1. The van der Waals surface area contributed by atoms with E-state index < -0.39 is 23.8 Å². The van der Waals surface area contributed by atoms with Gasteiger partial charge in [-0.25, -0.2) is 13.8 Å². The molecule has 2 aliphatic rings. The molecule has 5 N–H and O–H groups in total. The van der Waals surface area contributed by atoms with Crippen LogP contribution in [0.15, 0.2) is 28.9 Å². The molecule has 1 saturated heterocycles. The Bertz CT molecular complexity index is 878. The van der Waals surface area contributed by atoms with Crippen molar-refractivity contribution >= 4 is 17.7 Å². The molecule has 2 heterocycles. The topological polar surface area (TPSA) is 107 Å². The van der Waals surface area contributed by atoms with E-state index >= 15 is 0 Å². The van der Waals surface area contributed by atoms with Crippen LogP contribution in [0.3, 0.4) is 0 Å². The summed E-state index contributed by atoms with van der Waals surface area (Å²) in [6.07, 6.45) is 3.48. The molecule has 30 heavy (non-hydrogen) atoms. The lowest BCUT2D eigenvalue weighted by molar-refractivity contribution is -0.0124. The van der Waals surface area contributed by atoms with Crippen molar-refractivity contribution in [3.63, 3.8) is 0 Å². The molecule has 1 aromatic carbocycles. The number of benzene rings is 1. The van der Waals surface area contributed by atoms with Gasteiger partial charge in [0.1, 0.15) is 11.3 Å². The summed E-state index contributed by atoms with van der Waals surface area (Å²) in [6.45, 7) is 5.81. The molecule has 0 bridgehead atoms. The lowest BCUT2D eigenvalue weighted by Crippen LogP contribution is -2.53. The summed E-state index contributed by atoms with van der Waals surface area (Å²) in [5.74, 6) is -0.548. The van der Waals surface area contributed by atoms with Crippen molar-refractivity contribution in [1.82, 2.24) is 10.2 Å². The molecule has 0 radical (unpaired) electrons. The number of likely N-dealkylation sites (tertiary alicyclic amines) is 1.